The Morgan fingerprint density at radius 1 is 1.30 bits per heavy atom. The first-order valence-corrected chi connectivity index (χ1v) is 7.80. The van der Waals surface area contributed by atoms with Gasteiger partial charge in [-0.15, -0.1) is 11.3 Å². The molecule has 0 radical (unpaired) electrons. The molecular weight excluding hydrogens is 268 g/mol. The second kappa shape index (κ2) is 6.97. The van der Waals surface area contributed by atoms with E-state index in [1.54, 1.807) is 11.3 Å². The van der Waals surface area contributed by atoms with Crippen molar-refractivity contribution in [2.75, 3.05) is 13.7 Å². The standard InChI is InChI=1S/C16H22N2OS/c1-5-19-14(13-9-7-6-8-10-13)16-18-12(3)15(20-16)11(2)17-4/h6-11,14,17H,5H2,1-4H3. The van der Waals surface area contributed by atoms with Crippen LogP contribution >= 0.6 is 11.3 Å². The highest BCUT2D eigenvalue weighted by molar-refractivity contribution is 7.12. The Balaban J connectivity index is 2.35. The van der Waals surface area contributed by atoms with Gasteiger partial charge in [-0.3, -0.25) is 0 Å². The molecule has 3 nitrogen and oxygen atoms in total. The predicted octanol–water partition coefficient (Wildman–Crippen LogP) is 3.86. The first kappa shape index (κ1) is 15.2. The van der Waals surface area contributed by atoms with Crippen LogP contribution in [0.3, 0.4) is 0 Å². The van der Waals surface area contributed by atoms with Gasteiger partial charge in [0, 0.05) is 17.5 Å². The summed E-state index contributed by atoms with van der Waals surface area (Å²) < 4.78 is 5.92. The lowest BCUT2D eigenvalue weighted by molar-refractivity contribution is 0.0911. The van der Waals surface area contributed by atoms with E-state index < -0.39 is 0 Å². The zero-order valence-corrected chi connectivity index (χ0v) is 13.3. The fourth-order valence-electron chi connectivity index (χ4n) is 2.18. The van der Waals surface area contributed by atoms with Crippen LogP contribution in [0.5, 0.6) is 0 Å². The van der Waals surface area contributed by atoms with E-state index in [9.17, 15) is 0 Å². The maximum Gasteiger partial charge on any atom is 0.134 e. The third kappa shape index (κ3) is 3.26. The molecule has 0 bridgehead atoms. The second-order valence-electron chi connectivity index (χ2n) is 4.76. The number of benzene rings is 1. The van der Waals surface area contributed by atoms with Crippen LogP contribution in [0.15, 0.2) is 30.3 Å². The largest absolute Gasteiger partial charge is 0.367 e. The van der Waals surface area contributed by atoms with Crippen LogP contribution in [0.1, 0.15) is 47.1 Å². The molecule has 0 aliphatic carbocycles. The van der Waals surface area contributed by atoms with Gasteiger partial charge in [0.25, 0.3) is 0 Å². The van der Waals surface area contributed by atoms with Crippen molar-refractivity contribution in [3.8, 4) is 0 Å². The normalized spacial score (nSPS) is 14.2. The average molecular weight is 290 g/mol. The summed E-state index contributed by atoms with van der Waals surface area (Å²) in [7, 11) is 1.97. The molecule has 0 aliphatic rings. The van der Waals surface area contributed by atoms with Crippen molar-refractivity contribution in [2.45, 2.75) is 32.9 Å². The second-order valence-corrected chi connectivity index (χ2v) is 5.82. The van der Waals surface area contributed by atoms with Gasteiger partial charge in [-0.25, -0.2) is 4.98 Å². The molecule has 20 heavy (non-hydrogen) atoms. The number of thiazole rings is 1. The van der Waals surface area contributed by atoms with E-state index in [1.807, 2.05) is 32.2 Å². The van der Waals surface area contributed by atoms with Crippen LogP contribution in [0, 0.1) is 6.92 Å². The van der Waals surface area contributed by atoms with Crippen molar-refractivity contribution >= 4 is 11.3 Å². The van der Waals surface area contributed by atoms with Gasteiger partial charge in [-0.1, -0.05) is 30.3 Å². The molecule has 0 spiro atoms. The molecule has 0 fully saturated rings. The highest BCUT2D eigenvalue weighted by Gasteiger charge is 2.21. The van der Waals surface area contributed by atoms with Gasteiger partial charge in [0.2, 0.25) is 0 Å². The quantitative estimate of drug-likeness (QED) is 0.877. The van der Waals surface area contributed by atoms with Crippen molar-refractivity contribution in [1.29, 1.82) is 0 Å². The Bertz CT molecular complexity index is 539. The molecule has 1 N–H and O–H groups in total. The van der Waals surface area contributed by atoms with Crippen molar-refractivity contribution in [1.82, 2.24) is 10.3 Å². The van der Waals surface area contributed by atoms with Crippen LogP contribution in [0.2, 0.25) is 0 Å². The van der Waals surface area contributed by atoms with Gasteiger partial charge in [0.05, 0.1) is 5.69 Å². The molecule has 2 aromatic rings. The zero-order chi connectivity index (χ0) is 14.5. The summed E-state index contributed by atoms with van der Waals surface area (Å²) >= 11 is 1.74. The summed E-state index contributed by atoms with van der Waals surface area (Å²) in [6.45, 7) is 6.92. The molecule has 0 aliphatic heterocycles. The van der Waals surface area contributed by atoms with E-state index in [0.717, 1.165) is 16.3 Å². The summed E-state index contributed by atoms with van der Waals surface area (Å²) in [5, 5.41) is 4.31. The van der Waals surface area contributed by atoms with Gasteiger partial charge >= 0.3 is 0 Å². The Hall–Kier alpha value is -1.23. The van der Waals surface area contributed by atoms with E-state index in [4.69, 9.17) is 9.72 Å². The van der Waals surface area contributed by atoms with Crippen LogP contribution in [0.25, 0.3) is 0 Å². The smallest absolute Gasteiger partial charge is 0.134 e. The first-order chi connectivity index (χ1) is 9.67. The van der Waals surface area contributed by atoms with Gasteiger partial charge in [-0.2, -0.15) is 0 Å². The number of nitrogens with one attached hydrogen (secondary N) is 1. The fraction of sp³-hybridized carbons (Fsp3) is 0.438. The third-order valence-electron chi connectivity index (χ3n) is 3.34. The lowest BCUT2D eigenvalue weighted by atomic mass is 10.1. The maximum absolute atomic E-state index is 5.92. The minimum absolute atomic E-state index is 0.0669. The van der Waals surface area contributed by atoms with E-state index in [1.165, 1.54) is 4.88 Å². The Morgan fingerprint density at radius 3 is 2.60 bits per heavy atom. The first-order valence-electron chi connectivity index (χ1n) is 6.98. The molecule has 2 rings (SSSR count). The molecule has 108 valence electrons. The lowest BCUT2D eigenvalue weighted by Gasteiger charge is -2.14. The van der Waals surface area contributed by atoms with E-state index in [0.29, 0.717) is 12.6 Å². The monoisotopic (exact) mass is 290 g/mol. The molecule has 1 aromatic carbocycles. The van der Waals surface area contributed by atoms with Crippen LogP contribution in [0.4, 0.5) is 0 Å². The fourth-order valence-corrected chi connectivity index (χ4v) is 3.39. The minimum atomic E-state index is -0.0669. The van der Waals surface area contributed by atoms with Crippen molar-refractivity contribution < 1.29 is 4.74 Å². The summed E-state index contributed by atoms with van der Waals surface area (Å²) in [6.07, 6.45) is -0.0669. The number of ether oxygens (including phenoxy) is 1. The Kier molecular flexibility index (Phi) is 5.29. The highest BCUT2D eigenvalue weighted by atomic mass is 32.1. The van der Waals surface area contributed by atoms with Crippen molar-refractivity contribution in [3.05, 3.63) is 51.5 Å². The lowest BCUT2D eigenvalue weighted by Crippen LogP contribution is -2.11. The maximum atomic E-state index is 5.92. The molecule has 4 heteroatoms. The van der Waals surface area contributed by atoms with Crippen molar-refractivity contribution in [2.24, 2.45) is 0 Å². The number of aryl methyl sites for hydroxylation is 1. The SMILES string of the molecule is CCOC(c1ccccc1)c1nc(C)c(C(C)NC)s1. The van der Waals surface area contributed by atoms with Gasteiger partial charge in [-0.05, 0) is 33.4 Å². The topological polar surface area (TPSA) is 34.1 Å². The number of nitrogens with zero attached hydrogens (tertiary/aromatic N) is 1. The van der Waals surface area contributed by atoms with E-state index in [2.05, 4.69) is 31.3 Å². The van der Waals surface area contributed by atoms with Gasteiger partial charge in [0.1, 0.15) is 11.1 Å². The van der Waals surface area contributed by atoms with E-state index >= 15 is 0 Å². The molecule has 1 aromatic heterocycles. The Morgan fingerprint density at radius 2 is 2.00 bits per heavy atom. The third-order valence-corrected chi connectivity index (χ3v) is 4.72. The average Bonchev–Trinajstić information content (AvgIpc) is 2.86. The van der Waals surface area contributed by atoms with Gasteiger partial charge < -0.3 is 10.1 Å². The molecule has 0 saturated carbocycles. The molecule has 0 saturated heterocycles. The van der Waals surface area contributed by atoms with Crippen LogP contribution in [-0.2, 0) is 4.74 Å². The number of rotatable bonds is 6. The molecule has 2 unspecified atom stereocenters. The zero-order valence-electron chi connectivity index (χ0n) is 12.5. The summed E-state index contributed by atoms with van der Waals surface area (Å²) in [5.74, 6) is 0. The Labute approximate surface area is 125 Å². The predicted molar refractivity (Wildman–Crippen MR) is 84.2 cm³/mol. The minimum Gasteiger partial charge on any atom is -0.367 e. The molecule has 1 heterocycles. The number of hydrogen-bond donors (Lipinski definition) is 1. The number of aromatic nitrogens is 1. The van der Waals surface area contributed by atoms with Crippen LogP contribution < -0.4 is 5.32 Å². The molecule has 0 amide bonds. The highest BCUT2D eigenvalue weighted by Crippen LogP contribution is 2.33. The summed E-state index contributed by atoms with van der Waals surface area (Å²) in [5.41, 5.74) is 2.25. The summed E-state index contributed by atoms with van der Waals surface area (Å²) in [6, 6.07) is 10.6. The number of hydrogen-bond acceptors (Lipinski definition) is 4. The molecule has 2 atom stereocenters. The van der Waals surface area contributed by atoms with Crippen LogP contribution in [-0.4, -0.2) is 18.6 Å². The molecular formula is C16H22N2OS. The van der Waals surface area contributed by atoms with E-state index in [-0.39, 0.29) is 6.10 Å². The van der Waals surface area contributed by atoms with Crippen molar-refractivity contribution in [3.63, 3.8) is 0 Å². The summed E-state index contributed by atoms with van der Waals surface area (Å²) in [4.78, 5) is 6.01. The van der Waals surface area contributed by atoms with Gasteiger partial charge in [0.15, 0.2) is 0 Å².